The minimum Gasteiger partial charge on any atom is -0.495 e. The maximum absolute atomic E-state index is 5.96. The Morgan fingerprint density at radius 2 is 2.12 bits per heavy atom. The van der Waals surface area contributed by atoms with Crippen molar-refractivity contribution in [2.75, 3.05) is 12.4 Å². The fourth-order valence-electron chi connectivity index (χ4n) is 1.40. The van der Waals surface area contributed by atoms with Crippen LogP contribution in [-0.4, -0.2) is 12.1 Å². The van der Waals surface area contributed by atoms with Crippen molar-refractivity contribution < 1.29 is 4.74 Å². The minimum atomic E-state index is 0.651. The Balaban J connectivity index is 2.35. The van der Waals surface area contributed by atoms with Crippen molar-refractivity contribution in [1.82, 2.24) is 4.98 Å². The molecular weight excluding hydrogens is 304 g/mol. The average Bonchev–Trinajstić information content (AvgIpc) is 2.32. The van der Waals surface area contributed by atoms with E-state index in [9.17, 15) is 0 Å². The molecule has 0 radical (unpaired) electrons. The average molecular weight is 314 g/mol. The lowest BCUT2D eigenvalue weighted by molar-refractivity contribution is 0.417. The van der Waals surface area contributed by atoms with Crippen molar-refractivity contribution in [2.45, 2.75) is 0 Å². The van der Waals surface area contributed by atoms with Crippen molar-refractivity contribution in [2.24, 2.45) is 0 Å². The summed E-state index contributed by atoms with van der Waals surface area (Å²) in [7, 11) is 1.62. The first-order chi connectivity index (χ1) is 8.20. The summed E-state index contributed by atoms with van der Waals surface area (Å²) in [5, 5.41) is 3.89. The van der Waals surface area contributed by atoms with Crippen LogP contribution in [0, 0.1) is 0 Å². The van der Waals surface area contributed by atoms with Gasteiger partial charge in [-0.3, -0.25) is 4.98 Å². The maximum Gasteiger partial charge on any atom is 0.142 e. The quantitative estimate of drug-likeness (QED) is 0.920. The Kier molecular flexibility index (Phi) is 3.86. The van der Waals surface area contributed by atoms with Crippen molar-refractivity contribution in [3.63, 3.8) is 0 Å². The number of hydrogen-bond donors (Lipinski definition) is 1. The van der Waals surface area contributed by atoms with E-state index in [1.54, 1.807) is 25.6 Å². The van der Waals surface area contributed by atoms with Crippen LogP contribution < -0.4 is 10.1 Å². The van der Waals surface area contributed by atoms with Gasteiger partial charge in [0.15, 0.2) is 0 Å². The maximum atomic E-state index is 5.96. The van der Waals surface area contributed by atoms with Gasteiger partial charge < -0.3 is 10.1 Å². The highest BCUT2D eigenvalue weighted by atomic mass is 79.9. The van der Waals surface area contributed by atoms with Crippen LogP contribution in [0.3, 0.4) is 0 Å². The largest absolute Gasteiger partial charge is 0.495 e. The Bertz CT molecular complexity index is 534. The zero-order valence-electron chi connectivity index (χ0n) is 9.08. The molecule has 0 aliphatic heterocycles. The molecule has 0 saturated carbocycles. The Labute approximate surface area is 113 Å². The fraction of sp³-hybridized carbons (Fsp3) is 0.0833. The van der Waals surface area contributed by atoms with E-state index >= 15 is 0 Å². The first-order valence-electron chi connectivity index (χ1n) is 4.91. The Morgan fingerprint density at radius 3 is 2.82 bits per heavy atom. The number of nitrogens with one attached hydrogen (secondary N) is 1. The smallest absolute Gasteiger partial charge is 0.142 e. The first kappa shape index (κ1) is 12.2. The zero-order chi connectivity index (χ0) is 12.3. The summed E-state index contributed by atoms with van der Waals surface area (Å²) >= 11 is 9.38. The number of hydrogen-bond acceptors (Lipinski definition) is 3. The van der Waals surface area contributed by atoms with Crippen LogP contribution in [0.25, 0.3) is 0 Å². The number of rotatable bonds is 3. The van der Waals surface area contributed by atoms with Crippen molar-refractivity contribution >= 4 is 38.9 Å². The molecule has 0 unspecified atom stereocenters. The van der Waals surface area contributed by atoms with E-state index < -0.39 is 0 Å². The molecule has 0 atom stereocenters. The summed E-state index contributed by atoms with van der Waals surface area (Å²) in [6, 6.07) is 7.28. The van der Waals surface area contributed by atoms with Crippen molar-refractivity contribution in [1.29, 1.82) is 0 Å². The highest BCUT2D eigenvalue weighted by Crippen LogP contribution is 2.32. The second-order valence-corrected chi connectivity index (χ2v) is 4.62. The van der Waals surface area contributed by atoms with Crippen LogP contribution in [-0.2, 0) is 0 Å². The number of halogens is 2. The molecule has 1 heterocycles. The van der Waals surface area contributed by atoms with Gasteiger partial charge in [-0.1, -0.05) is 11.6 Å². The van der Waals surface area contributed by atoms with Crippen LogP contribution in [0.5, 0.6) is 5.75 Å². The summed E-state index contributed by atoms with van der Waals surface area (Å²) in [6.45, 7) is 0. The summed E-state index contributed by atoms with van der Waals surface area (Å²) in [6.07, 6.45) is 3.43. The molecule has 0 amide bonds. The standard InChI is InChI=1S/C12H10BrClN2O/c1-17-12-3-2-8(14)6-11(12)16-10-4-5-15-7-9(10)13/h2-7H,1H3,(H,15,16). The number of anilines is 2. The zero-order valence-corrected chi connectivity index (χ0v) is 11.4. The molecular formula is C12H10BrClN2O. The second-order valence-electron chi connectivity index (χ2n) is 3.33. The SMILES string of the molecule is COc1ccc(Cl)cc1Nc1ccncc1Br. The van der Waals surface area contributed by atoms with E-state index in [2.05, 4.69) is 26.2 Å². The molecule has 1 aromatic carbocycles. The van der Waals surface area contributed by atoms with Gasteiger partial charge in [0, 0.05) is 17.4 Å². The van der Waals surface area contributed by atoms with Gasteiger partial charge in [0.05, 0.1) is 23.0 Å². The van der Waals surface area contributed by atoms with Gasteiger partial charge >= 0.3 is 0 Å². The molecule has 1 N–H and O–H groups in total. The summed E-state index contributed by atoms with van der Waals surface area (Å²) in [5.74, 6) is 0.734. The van der Waals surface area contributed by atoms with Gasteiger partial charge in [0.1, 0.15) is 5.75 Å². The third-order valence-corrected chi connectivity index (χ3v) is 3.07. The monoisotopic (exact) mass is 312 g/mol. The van der Waals surface area contributed by atoms with Gasteiger partial charge in [-0.05, 0) is 40.2 Å². The van der Waals surface area contributed by atoms with E-state index in [-0.39, 0.29) is 0 Å². The van der Waals surface area contributed by atoms with Gasteiger partial charge in [0.25, 0.3) is 0 Å². The molecule has 2 aromatic rings. The molecule has 2 rings (SSSR count). The predicted molar refractivity (Wildman–Crippen MR) is 73.2 cm³/mol. The van der Waals surface area contributed by atoms with Gasteiger partial charge in [-0.2, -0.15) is 0 Å². The lowest BCUT2D eigenvalue weighted by Gasteiger charge is -2.12. The molecule has 17 heavy (non-hydrogen) atoms. The number of nitrogens with zero attached hydrogens (tertiary/aromatic N) is 1. The molecule has 0 spiro atoms. The molecule has 0 aliphatic rings. The summed E-state index contributed by atoms with van der Waals surface area (Å²) in [4.78, 5) is 4.00. The summed E-state index contributed by atoms with van der Waals surface area (Å²) < 4.78 is 6.14. The highest BCUT2D eigenvalue weighted by molar-refractivity contribution is 9.10. The number of benzene rings is 1. The Morgan fingerprint density at radius 1 is 1.29 bits per heavy atom. The van der Waals surface area contributed by atoms with Crippen LogP contribution in [0.1, 0.15) is 0 Å². The number of ether oxygens (including phenoxy) is 1. The van der Waals surface area contributed by atoms with Crippen LogP contribution >= 0.6 is 27.5 Å². The number of methoxy groups -OCH3 is 1. The number of aromatic nitrogens is 1. The fourth-order valence-corrected chi connectivity index (χ4v) is 1.92. The molecule has 5 heteroatoms. The van der Waals surface area contributed by atoms with Crippen LogP contribution in [0.2, 0.25) is 5.02 Å². The molecule has 3 nitrogen and oxygen atoms in total. The third-order valence-electron chi connectivity index (χ3n) is 2.20. The van der Waals surface area contributed by atoms with Crippen LogP contribution in [0.15, 0.2) is 41.1 Å². The topological polar surface area (TPSA) is 34.1 Å². The normalized spacial score (nSPS) is 10.1. The third kappa shape index (κ3) is 2.90. The van der Waals surface area contributed by atoms with Gasteiger partial charge in [-0.25, -0.2) is 0 Å². The van der Waals surface area contributed by atoms with E-state index in [0.717, 1.165) is 21.6 Å². The predicted octanol–water partition coefficient (Wildman–Crippen LogP) is 4.25. The van der Waals surface area contributed by atoms with Gasteiger partial charge in [0.2, 0.25) is 0 Å². The molecule has 1 aromatic heterocycles. The van der Waals surface area contributed by atoms with E-state index in [1.807, 2.05) is 18.2 Å². The van der Waals surface area contributed by atoms with E-state index in [1.165, 1.54) is 0 Å². The first-order valence-corrected chi connectivity index (χ1v) is 6.08. The molecule has 88 valence electrons. The van der Waals surface area contributed by atoms with Crippen LogP contribution in [0.4, 0.5) is 11.4 Å². The molecule has 0 saturated heterocycles. The minimum absolute atomic E-state index is 0.651. The molecule has 0 aliphatic carbocycles. The van der Waals surface area contributed by atoms with Crippen molar-refractivity contribution in [3.05, 3.63) is 46.2 Å². The van der Waals surface area contributed by atoms with E-state index in [0.29, 0.717) is 5.02 Å². The molecule has 0 fully saturated rings. The molecule has 0 bridgehead atoms. The van der Waals surface area contributed by atoms with Crippen molar-refractivity contribution in [3.8, 4) is 5.75 Å². The van der Waals surface area contributed by atoms with Gasteiger partial charge in [-0.15, -0.1) is 0 Å². The van der Waals surface area contributed by atoms with E-state index in [4.69, 9.17) is 16.3 Å². The second kappa shape index (κ2) is 5.38. The Hall–Kier alpha value is -1.26. The highest BCUT2D eigenvalue weighted by Gasteiger charge is 2.06. The lowest BCUT2D eigenvalue weighted by Crippen LogP contribution is -1.95. The lowest BCUT2D eigenvalue weighted by atomic mass is 10.2. The summed E-state index contributed by atoms with van der Waals surface area (Å²) in [5.41, 5.74) is 1.72. The number of pyridine rings is 1.